The topological polar surface area (TPSA) is 40.2 Å². The first-order chi connectivity index (χ1) is 14.3. The summed E-state index contributed by atoms with van der Waals surface area (Å²) in [6.07, 6.45) is 3.79. The zero-order valence-corrected chi connectivity index (χ0v) is 18.9. The number of hydrogen-bond donors (Lipinski definition) is 0. The number of rotatable bonds is 4. The summed E-state index contributed by atoms with van der Waals surface area (Å²) in [6.45, 7) is 4.12. The maximum Gasteiger partial charge on any atom is 0.231 e. The predicted molar refractivity (Wildman–Crippen MR) is 121 cm³/mol. The average molecular weight is 469 g/mol. The van der Waals surface area contributed by atoms with Crippen LogP contribution in [0.4, 0.5) is 0 Å². The first-order valence-corrected chi connectivity index (χ1v) is 10.3. The van der Waals surface area contributed by atoms with Crippen LogP contribution in [0.2, 0.25) is 0 Å². The SMILES string of the molecule is C=Cc1cc2c(cc1C1=Cc3ccc(OC)c(OC)c3C(C(Cl)(Cl)Cl)N1C)OCO2. The van der Waals surface area contributed by atoms with E-state index in [-0.39, 0.29) is 6.79 Å². The fourth-order valence-electron chi connectivity index (χ4n) is 3.96. The maximum atomic E-state index is 6.48. The normalized spacial score (nSPS) is 17.3. The highest BCUT2D eigenvalue weighted by molar-refractivity contribution is 6.68. The molecule has 4 rings (SSSR count). The van der Waals surface area contributed by atoms with Crippen LogP contribution in [-0.4, -0.2) is 36.8 Å². The number of methoxy groups -OCH3 is 2. The van der Waals surface area contributed by atoms with Gasteiger partial charge in [-0.2, -0.15) is 0 Å². The fourth-order valence-corrected chi connectivity index (χ4v) is 4.72. The molecule has 0 spiro atoms. The summed E-state index contributed by atoms with van der Waals surface area (Å²) in [5, 5.41) is 0. The minimum Gasteiger partial charge on any atom is -0.493 e. The van der Waals surface area contributed by atoms with Crippen molar-refractivity contribution in [2.45, 2.75) is 9.83 Å². The molecule has 0 radical (unpaired) electrons. The van der Waals surface area contributed by atoms with Gasteiger partial charge in [0.05, 0.1) is 14.2 Å². The lowest BCUT2D eigenvalue weighted by Crippen LogP contribution is -2.36. The van der Waals surface area contributed by atoms with Crippen molar-refractivity contribution in [3.8, 4) is 23.0 Å². The lowest BCUT2D eigenvalue weighted by Gasteiger charge is -2.41. The first kappa shape index (κ1) is 21.0. The van der Waals surface area contributed by atoms with Gasteiger partial charge in [-0.3, -0.25) is 0 Å². The molecule has 0 aliphatic carbocycles. The van der Waals surface area contributed by atoms with Gasteiger partial charge in [0, 0.05) is 23.9 Å². The third kappa shape index (κ3) is 3.35. The van der Waals surface area contributed by atoms with Gasteiger partial charge in [0.25, 0.3) is 0 Å². The number of nitrogens with zero attached hydrogens (tertiary/aromatic N) is 1. The van der Waals surface area contributed by atoms with Crippen molar-refractivity contribution in [1.82, 2.24) is 4.90 Å². The Morgan fingerprint density at radius 3 is 2.43 bits per heavy atom. The molecule has 0 fully saturated rings. The molecule has 30 heavy (non-hydrogen) atoms. The Bertz CT molecular complexity index is 1050. The van der Waals surface area contributed by atoms with Gasteiger partial charge in [0.2, 0.25) is 10.6 Å². The van der Waals surface area contributed by atoms with Crippen LogP contribution in [-0.2, 0) is 0 Å². The minimum atomic E-state index is -1.65. The number of benzene rings is 2. The van der Waals surface area contributed by atoms with Crippen molar-refractivity contribution in [1.29, 1.82) is 0 Å². The molecule has 0 aromatic heterocycles. The average Bonchev–Trinajstić information content (AvgIpc) is 3.17. The molecule has 2 aliphatic heterocycles. The third-order valence-electron chi connectivity index (χ3n) is 5.30. The summed E-state index contributed by atoms with van der Waals surface area (Å²) in [5.74, 6) is 2.43. The number of hydrogen-bond acceptors (Lipinski definition) is 5. The minimum absolute atomic E-state index is 0.181. The van der Waals surface area contributed by atoms with Gasteiger partial charge < -0.3 is 23.8 Å². The van der Waals surface area contributed by atoms with E-state index in [0.29, 0.717) is 23.0 Å². The highest BCUT2D eigenvalue weighted by Gasteiger charge is 2.44. The molecule has 8 heteroatoms. The van der Waals surface area contributed by atoms with Crippen LogP contribution in [0.3, 0.4) is 0 Å². The van der Waals surface area contributed by atoms with Crippen LogP contribution < -0.4 is 18.9 Å². The van der Waals surface area contributed by atoms with E-state index >= 15 is 0 Å². The second kappa shape index (κ2) is 7.80. The van der Waals surface area contributed by atoms with E-state index in [0.717, 1.165) is 28.0 Å². The quantitative estimate of drug-likeness (QED) is 0.520. The van der Waals surface area contributed by atoms with E-state index < -0.39 is 9.83 Å². The van der Waals surface area contributed by atoms with E-state index in [1.165, 1.54) is 0 Å². The van der Waals surface area contributed by atoms with Gasteiger partial charge in [-0.05, 0) is 35.4 Å². The van der Waals surface area contributed by atoms with Gasteiger partial charge in [0.15, 0.2) is 23.0 Å². The molecule has 0 N–H and O–H groups in total. The molecule has 158 valence electrons. The van der Waals surface area contributed by atoms with Crippen molar-refractivity contribution in [3.63, 3.8) is 0 Å². The molecule has 2 aliphatic rings. The van der Waals surface area contributed by atoms with Crippen molar-refractivity contribution < 1.29 is 18.9 Å². The molecule has 5 nitrogen and oxygen atoms in total. The Hall–Kier alpha value is -2.21. The molecule has 2 heterocycles. The van der Waals surface area contributed by atoms with E-state index in [1.807, 2.05) is 42.3 Å². The Labute approximate surface area is 190 Å². The number of fused-ring (bicyclic) bond motifs is 2. The fraction of sp³-hybridized carbons (Fsp3) is 0.273. The van der Waals surface area contributed by atoms with Crippen LogP contribution in [0.15, 0.2) is 30.8 Å². The highest BCUT2D eigenvalue weighted by Crippen LogP contribution is 2.54. The number of halogens is 3. The highest BCUT2D eigenvalue weighted by atomic mass is 35.6. The molecule has 0 saturated carbocycles. The second-order valence-corrected chi connectivity index (χ2v) is 9.25. The summed E-state index contributed by atoms with van der Waals surface area (Å²) < 4.78 is 20.5. The van der Waals surface area contributed by atoms with Crippen LogP contribution in [0, 0.1) is 0 Å². The van der Waals surface area contributed by atoms with Gasteiger partial charge in [-0.25, -0.2) is 0 Å². The Balaban J connectivity index is 1.98. The number of alkyl halides is 3. The smallest absolute Gasteiger partial charge is 0.231 e. The van der Waals surface area contributed by atoms with Gasteiger partial charge in [-0.15, -0.1) is 0 Å². The lowest BCUT2D eigenvalue weighted by molar-refractivity contribution is 0.174. The third-order valence-corrected chi connectivity index (χ3v) is 5.92. The standard InChI is InChI=1S/C22H20Cl3NO4/c1-5-12-9-17-18(30-11-29-17)10-14(12)15-8-13-6-7-16(27-3)20(28-4)19(13)21(26(15)2)22(23,24)25/h5-10,21H,1,11H2,2-4H3. The van der Waals surface area contributed by atoms with Gasteiger partial charge in [-0.1, -0.05) is 53.5 Å². The molecule has 0 amide bonds. The van der Waals surface area contributed by atoms with Gasteiger partial charge >= 0.3 is 0 Å². The molecule has 0 saturated heterocycles. The molecule has 2 aromatic carbocycles. The summed E-state index contributed by atoms with van der Waals surface area (Å²) in [7, 11) is 5.02. The largest absolute Gasteiger partial charge is 0.493 e. The zero-order valence-electron chi connectivity index (χ0n) is 16.7. The number of ether oxygens (including phenoxy) is 4. The lowest BCUT2D eigenvalue weighted by atomic mass is 9.90. The van der Waals surface area contributed by atoms with Crippen LogP contribution in [0.25, 0.3) is 17.8 Å². The summed E-state index contributed by atoms with van der Waals surface area (Å²) in [5.41, 5.74) is 4.22. The molecular weight excluding hydrogens is 449 g/mol. The second-order valence-electron chi connectivity index (χ2n) is 6.89. The summed E-state index contributed by atoms with van der Waals surface area (Å²) in [4.78, 5) is 1.92. The summed E-state index contributed by atoms with van der Waals surface area (Å²) >= 11 is 19.4. The first-order valence-electron chi connectivity index (χ1n) is 9.12. The van der Waals surface area contributed by atoms with Crippen molar-refractivity contribution >= 4 is 52.7 Å². The monoisotopic (exact) mass is 467 g/mol. The summed E-state index contributed by atoms with van der Waals surface area (Å²) in [6, 6.07) is 6.94. The van der Waals surface area contributed by atoms with Gasteiger partial charge in [0.1, 0.15) is 6.04 Å². The van der Waals surface area contributed by atoms with Crippen LogP contribution in [0.1, 0.15) is 28.3 Å². The van der Waals surface area contributed by atoms with Crippen molar-refractivity contribution in [3.05, 3.63) is 53.1 Å². The van der Waals surface area contributed by atoms with Crippen molar-refractivity contribution in [2.24, 2.45) is 0 Å². The molecule has 1 atom stereocenters. The molecular formula is C22H20Cl3NO4. The predicted octanol–water partition coefficient (Wildman–Crippen LogP) is 5.93. The van der Waals surface area contributed by atoms with E-state index in [1.54, 1.807) is 20.3 Å². The van der Waals surface area contributed by atoms with E-state index in [9.17, 15) is 0 Å². The van der Waals surface area contributed by atoms with E-state index in [2.05, 4.69) is 6.58 Å². The van der Waals surface area contributed by atoms with Crippen molar-refractivity contribution in [2.75, 3.05) is 28.1 Å². The zero-order chi connectivity index (χ0) is 21.6. The van der Waals surface area contributed by atoms with E-state index in [4.69, 9.17) is 53.8 Å². The molecule has 2 aromatic rings. The maximum absolute atomic E-state index is 6.48. The molecule has 0 bridgehead atoms. The van der Waals surface area contributed by atoms with Crippen LogP contribution in [0.5, 0.6) is 23.0 Å². The molecule has 1 unspecified atom stereocenters. The Morgan fingerprint density at radius 1 is 1.13 bits per heavy atom. The van der Waals surface area contributed by atoms with Crippen LogP contribution >= 0.6 is 34.8 Å². The Morgan fingerprint density at radius 2 is 1.83 bits per heavy atom. The Kier molecular flexibility index (Phi) is 5.47.